The Morgan fingerprint density at radius 1 is 1.32 bits per heavy atom. The van der Waals surface area contributed by atoms with Crippen LogP contribution in [0.1, 0.15) is 32.1 Å². The molecule has 5 nitrogen and oxygen atoms in total. The van der Waals surface area contributed by atoms with Crippen LogP contribution in [-0.2, 0) is 0 Å². The highest BCUT2D eigenvalue weighted by Gasteiger charge is 2.23. The average molecular weight is 285 g/mol. The van der Waals surface area contributed by atoms with Gasteiger partial charge in [0.2, 0.25) is 0 Å². The van der Waals surface area contributed by atoms with Crippen LogP contribution in [0.25, 0.3) is 0 Å². The highest BCUT2D eigenvalue weighted by atomic mass is 35.5. The first kappa shape index (κ1) is 14.1. The van der Waals surface area contributed by atoms with Gasteiger partial charge in [0.1, 0.15) is 11.9 Å². The lowest BCUT2D eigenvalue weighted by atomic mass is 10.1. The van der Waals surface area contributed by atoms with Gasteiger partial charge in [-0.05, 0) is 25.3 Å². The lowest BCUT2D eigenvalue weighted by Gasteiger charge is -2.23. The smallest absolute Gasteiger partial charge is 0.271 e. The van der Waals surface area contributed by atoms with Crippen molar-refractivity contribution in [3.8, 4) is 5.75 Å². The molecule has 0 aliphatic heterocycles. The molecule has 19 heavy (non-hydrogen) atoms. The highest BCUT2D eigenvalue weighted by molar-refractivity contribution is 6.32. The maximum Gasteiger partial charge on any atom is 0.271 e. The Hall–Kier alpha value is -1.33. The number of nitro benzene ring substituents is 1. The summed E-state index contributed by atoms with van der Waals surface area (Å²) in [5.74, 6) is 0.467. The van der Waals surface area contributed by atoms with Crippen molar-refractivity contribution in [3.05, 3.63) is 33.3 Å². The zero-order valence-corrected chi connectivity index (χ0v) is 11.3. The molecule has 0 bridgehead atoms. The molecule has 2 atom stereocenters. The van der Waals surface area contributed by atoms with Crippen LogP contribution < -0.4 is 10.5 Å². The molecule has 2 N–H and O–H groups in total. The summed E-state index contributed by atoms with van der Waals surface area (Å²) in [6.07, 6.45) is 5.14. The van der Waals surface area contributed by atoms with Crippen molar-refractivity contribution in [3.63, 3.8) is 0 Å². The molecule has 104 valence electrons. The number of benzene rings is 1. The zero-order chi connectivity index (χ0) is 13.8. The Bertz CT molecular complexity index is 467. The number of hydrogen-bond donors (Lipinski definition) is 1. The molecule has 1 fully saturated rings. The van der Waals surface area contributed by atoms with Gasteiger partial charge in [0.15, 0.2) is 0 Å². The third-order valence-corrected chi connectivity index (χ3v) is 3.70. The second kappa shape index (κ2) is 6.21. The van der Waals surface area contributed by atoms with Gasteiger partial charge in [-0.1, -0.05) is 24.4 Å². The van der Waals surface area contributed by atoms with Gasteiger partial charge in [-0.25, -0.2) is 0 Å². The maximum atomic E-state index is 10.6. The van der Waals surface area contributed by atoms with E-state index in [1.54, 1.807) is 0 Å². The molecule has 1 aromatic rings. The number of nitro groups is 1. The molecule has 1 aliphatic carbocycles. The fourth-order valence-corrected chi connectivity index (χ4v) is 2.53. The topological polar surface area (TPSA) is 78.4 Å². The van der Waals surface area contributed by atoms with Crippen LogP contribution in [0.15, 0.2) is 18.2 Å². The third-order valence-electron chi connectivity index (χ3n) is 3.41. The molecule has 0 radical (unpaired) electrons. The lowest BCUT2D eigenvalue weighted by Crippen LogP contribution is -2.37. The number of nitrogens with two attached hydrogens (primary N) is 1. The maximum absolute atomic E-state index is 10.6. The summed E-state index contributed by atoms with van der Waals surface area (Å²) in [5.41, 5.74) is 6.04. The number of halogens is 1. The van der Waals surface area contributed by atoms with Crippen molar-refractivity contribution in [1.29, 1.82) is 0 Å². The normalized spacial score (nSPS) is 23.7. The van der Waals surface area contributed by atoms with E-state index in [0.29, 0.717) is 5.75 Å². The molecule has 2 rings (SSSR count). The van der Waals surface area contributed by atoms with E-state index in [9.17, 15) is 10.1 Å². The van der Waals surface area contributed by atoms with Crippen LogP contribution in [-0.4, -0.2) is 17.1 Å². The van der Waals surface area contributed by atoms with Gasteiger partial charge in [-0.15, -0.1) is 0 Å². The second-order valence-electron chi connectivity index (χ2n) is 4.83. The van der Waals surface area contributed by atoms with Gasteiger partial charge >= 0.3 is 0 Å². The minimum atomic E-state index is -0.479. The van der Waals surface area contributed by atoms with E-state index in [2.05, 4.69) is 0 Å². The summed E-state index contributed by atoms with van der Waals surface area (Å²) in [6.45, 7) is 0. The van der Waals surface area contributed by atoms with Crippen molar-refractivity contribution >= 4 is 17.3 Å². The average Bonchev–Trinajstić information content (AvgIpc) is 2.57. The molecule has 0 heterocycles. The Morgan fingerprint density at radius 2 is 2.05 bits per heavy atom. The SMILES string of the molecule is NC1CCCCCC1Oc1ccc([N+](=O)[O-])cc1Cl. The van der Waals surface area contributed by atoms with Crippen molar-refractivity contribution in [2.75, 3.05) is 0 Å². The van der Waals surface area contributed by atoms with E-state index >= 15 is 0 Å². The fraction of sp³-hybridized carbons (Fsp3) is 0.538. The standard InChI is InChI=1S/C13H17ClN2O3/c14-10-8-9(16(17)18)6-7-12(10)19-13-5-3-1-2-4-11(13)15/h6-8,11,13H,1-5,15H2. The van der Waals surface area contributed by atoms with Crippen molar-refractivity contribution < 1.29 is 9.66 Å². The van der Waals surface area contributed by atoms with Crippen LogP contribution in [0.4, 0.5) is 5.69 Å². The number of nitrogens with zero attached hydrogens (tertiary/aromatic N) is 1. The number of non-ortho nitro benzene ring substituents is 1. The molecular weight excluding hydrogens is 268 g/mol. The van der Waals surface area contributed by atoms with Gasteiger partial charge in [-0.2, -0.15) is 0 Å². The van der Waals surface area contributed by atoms with E-state index in [1.807, 2.05) is 0 Å². The highest BCUT2D eigenvalue weighted by Crippen LogP contribution is 2.31. The third kappa shape index (κ3) is 3.58. The minimum absolute atomic E-state index is 0.00578. The van der Waals surface area contributed by atoms with Crippen LogP contribution in [0.2, 0.25) is 5.02 Å². The molecule has 0 aromatic heterocycles. The Kier molecular flexibility index (Phi) is 4.61. The molecule has 1 aliphatic rings. The van der Waals surface area contributed by atoms with Gasteiger partial charge in [0, 0.05) is 18.2 Å². The van der Waals surface area contributed by atoms with Gasteiger partial charge < -0.3 is 10.5 Å². The first-order valence-electron chi connectivity index (χ1n) is 6.44. The summed E-state index contributed by atoms with van der Waals surface area (Å²) in [4.78, 5) is 10.2. The van der Waals surface area contributed by atoms with Gasteiger partial charge in [0.25, 0.3) is 5.69 Å². The number of hydrogen-bond acceptors (Lipinski definition) is 4. The quantitative estimate of drug-likeness (QED) is 0.525. The Labute approximate surface area is 116 Å². The van der Waals surface area contributed by atoms with E-state index < -0.39 is 4.92 Å². The zero-order valence-electron chi connectivity index (χ0n) is 10.5. The lowest BCUT2D eigenvalue weighted by molar-refractivity contribution is -0.384. The molecule has 2 unspecified atom stereocenters. The van der Waals surface area contributed by atoms with Gasteiger partial charge in [0.05, 0.1) is 9.95 Å². The largest absolute Gasteiger partial charge is 0.487 e. The summed E-state index contributed by atoms with van der Waals surface area (Å²) in [7, 11) is 0. The fourth-order valence-electron chi connectivity index (χ4n) is 2.31. The van der Waals surface area contributed by atoms with Crippen LogP contribution in [0.5, 0.6) is 5.75 Å². The first-order valence-corrected chi connectivity index (χ1v) is 6.82. The molecule has 6 heteroatoms. The van der Waals surface area contributed by atoms with Crippen molar-refractivity contribution in [1.82, 2.24) is 0 Å². The molecular formula is C13H17ClN2O3. The second-order valence-corrected chi connectivity index (χ2v) is 5.24. The first-order chi connectivity index (χ1) is 9.08. The minimum Gasteiger partial charge on any atom is -0.487 e. The van der Waals surface area contributed by atoms with Crippen LogP contribution in [0.3, 0.4) is 0 Å². The van der Waals surface area contributed by atoms with E-state index in [1.165, 1.54) is 24.6 Å². The van der Waals surface area contributed by atoms with E-state index in [0.717, 1.165) is 25.7 Å². The monoisotopic (exact) mass is 284 g/mol. The van der Waals surface area contributed by atoms with Crippen molar-refractivity contribution in [2.45, 2.75) is 44.2 Å². The molecule has 0 spiro atoms. The predicted octanol–water partition coefficient (Wildman–Crippen LogP) is 3.29. The van der Waals surface area contributed by atoms with Gasteiger partial charge in [-0.3, -0.25) is 10.1 Å². The summed E-state index contributed by atoms with van der Waals surface area (Å²) in [5, 5.41) is 10.9. The van der Waals surface area contributed by atoms with Crippen LogP contribution in [0, 0.1) is 10.1 Å². The van der Waals surface area contributed by atoms with E-state index in [4.69, 9.17) is 22.1 Å². The Morgan fingerprint density at radius 3 is 2.74 bits per heavy atom. The molecule has 1 saturated carbocycles. The Balaban J connectivity index is 2.11. The molecule has 0 amide bonds. The number of rotatable bonds is 3. The number of ether oxygens (including phenoxy) is 1. The summed E-state index contributed by atoms with van der Waals surface area (Å²) in [6, 6.07) is 4.23. The predicted molar refractivity (Wildman–Crippen MR) is 73.6 cm³/mol. The summed E-state index contributed by atoms with van der Waals surface area (Å²) >= 11 is 6.01. The molecule has 1 aromatic carbocycles. The summed E-state index contributed by atoms with van der Waals surface area (Å²) < 4.78 is 5.83. The molecule has 0 saturated heterocycles. The van der Waals surface area contributed by atoms with E-state index in [-0.39, 0.29) is 22.9 Å². The van der Waals surface area contributed by atoms with Crippen molar-refractivity contribution in [2.24, 2.45) is 5.73 Å². The van der Waals surface area contributed by atoms with Crippen LogP contribution >= 0.6 is 11.6 Å².